The van der Waals surface area contributed by atoms with Gasteiger partial charge in [0.15, 0.2) is 0 Å². The molecule has 0 radical (unpaired) electrons. The number of carbonyl (C=O) groups is 1. The van der Waals surface area contributed by atoms with Crippen molar-refractivity contribution in [2.75, 3.05) is 13.2 Å². The molecule has 2 fully saturated rings. The highest BCUT2D eigenvalue weighted by Gasteiger charge is 2.30. The first-order valence-corrected chi connectivity index (χ1v) is 7.06. The van der Waals surface area contributed by atoms with Crippen molar-refractivity contribution in [2.24, 2.45) is 11.7 Å². The highest BCUT2D eigenvalue weighted by molar-refractivity contribution is 5.79. The Morgan fingerprint density at radius 3 is 2.47 bits per heavy atom. The molecule has 3 nitrogen and oxygen atoms in total. The van der Waals surface area contributed by atoms with Crippen molar-refractivity contribution in [3.8, 4) is 0 Å². The molecular formula is C14H25NO2. The molecule has 0 aromatic carbocycles. The van der Waals surface area contributed by atoms with Crippen molar-refractivity contribution >= 4 is 5.78 Å². The number of Topliss-reactive ketones (excluding diaryl/α,β-unsaturated/α-hetero) is 1. The van der Waals surface area contributed by atoms with Gasteiger partial charge in [-0.05, 0) is 31.6 Å². The van der Waals surface area contributed by atoms with Gasteiger partial charge in [-0.2, -0.15) is 0 Å². The van der Waals surface area contributed by atoms with E-state index in [2.05, 4.69) is 0 Å². The number of nitrogens with two attached hydrogens (primary N) is 1. The van der Waals surface area contributed by atoms with Gasteiger partial charge in [-0.25, -0.2) is 0 Å². The van der Waals surface area contributed by atoms with E-state index in [4.69, 9.17) is 10.5 Å². The van der Waals surface area contributed by atoms with Crippen molar-refractivity contribution < 1.29 is 9.53 Å². The quantitative estimate of drug-likeness (QED) is 0.819. The average molecular weight is 239 g/mol. The molecule has 0 spiro atoms. The Morgan fingerprint density at radius 1 is 1.18 bits per heavy atom. The van der Waals surface area contributed by atoms with Gasteiger partial charge in [-0.1, -0.05) is 19.3 Å². The van der Waals surface area contributed by atoms with Gasteiger partial charge in [0.1, 0.15) is 5.78 Å². The third kappa shape index (κ3) is 4.07. The molecule has 0 unspecified atom stereocenters. The highest BCUT2D eigenvalue weighted by atomic mass is 16.5. The van der Waals surface area contributed by atoms with Crippen LogP contribution in [-0.4, -0.2) is 24.5 Å². The zero-order valence-corrected chi connectivity index (χ0v) is 10.7. The van der Waals surface area contributed by atoms with E-state index in [0.717, 1.165) is 45.3 Å². The second-order valence-electron chi connectivity index (χ2n) is 5.90. The van der Waals surface area contributed by atoms with Gasteiger partial charge in [-0.15, -0.1) is 0 Å². The Kier molecular flexibility index (Phi) is 4.57. The predicted octanol–water partition coefficient (Wildman–Crippen LogP) is 2.42. The summed E-state index contributed by atoms with van der Waals surface area (Å²) in [5.74, 6) is 0.921. The summed E-state index contributed by atoms with van der Waals surface area (Å²) in [6.45, 7) is 1.65. The molecule has 0 amide bonds. The molecule has 1 aliphatic carbocycles. The van der Waals surface area contributed by atoms with Crippen molar-refractivity contribution in [2.45, 2.75) is 63.3 Å². The lowest BCUT2D eigenvalue weighted by atomic mass is 9.78. The highest BCUT2D eigenvalue weighted by Crippen LogP contribution is 2.30. The average Bonchev–Trinajstić information content (AvgIpc) is 2.30. The zero-order valence-electron chi connectivity index (χ0n) is 10.7. The first-order chi connectivity index (χ1) is 8.18. The van der Waals surface area contributed by atoms with Gasteiger partial charge in [0.2, 0.25) is 0 Å². The molecule has 3 heteroatoms. The minimum Gasteiger partial charge on any atom is -0.381 e. The van der Waals surface area contributed by atoms with Crippen LogP contribution in [0.4, 0.5) is 0 Å². The normalized spacial score (nSPS) is 25.7. The number of ketones is 1. The summed E-state index contributed by atoms with van der Waals surface area (Å²) < 4.78 is 5.32. The zero-order chi connectivity index (χ0) is 12.1. The standard InChI is InChI=1S/C14H25NO2/c15-14(6-2-1-3-7-14)11-13(16)10-12-4-8-17-9-5-12/h12H,1-11,15H2. The van der Waals surface area contributed by atoms with E-state index in [1.165, 1.54) is 19.3 Å². The molecule has 1 saturated carbocycles. The van der Waals surface area contributed by atoms with E-state index >= 15 is 0 Å². The van der Waals surface area contributed by atoms with Gasteiger partial charge in [0.25, 0.3) is 0 Å². The topological polar surface area (TPSA) is 52.3 Å². The largest absolute Gasteiger partial charge is 0.381 e. The van der Waals surface area contributed by atoms with Crippen LogP contribution >= 0.6 is 0 Å². The van der Waals surface area contributed by atoms with Gasteiger partial charge >= 0.3 is 0 Å². The number of carbonyl (C=O) groups excluding carboxylic acids is 1. The second kappa shape index (κ2) is 5.96. The summed E-state index contributed by atoms with van der Waals surface area (Å²) in [6, 6.07) is 0. The Labute approximate surface area is 104 Å². The van der Waals surface area contributed by atoms with Crippen LogP contribution in [-0.2, 0) is 9.53 Å². The number of ether oxygens (including phenoxy) is 1. The fraction of sp³-hybridized carbons (Fsp3) is 0.929. The van der Waals surface area contributed by atoms with Crippen molar-refractivity contribution in [3.05, 3.63) is 0 Å². The third-order valence-electron chi connectivity index (χ3n) is 4.26. The lowest BCUT2D eigenvalue weighted by Crippen LogP contribution is -2.43. The summed E-state index contributed by atoms with van der Waals surface area (Å²) in [5, 5.41) is 0. The lowest BCUT2D eigenvalue weighted by Gasteiger charge is -2.33. The summed E-state index contributed by atoms with van der Waals surface area (Å²) >= 11 is 0. The van der Waals surface area contributed by atoms with Crippen LogP contribution in [0.2, 0.25) is 0 Å². The van der Waals surface area contributed by atoms with Crippen LogP contribution in [0.1, 0.15) is 57.8 Å². The van der Waals surface area contributed by atoms with E-state index in [0.29, 0.717) is 18.1 Å². The van der Waals surface area contributed by atoms with E-state index < -0.39 is 0 Å². The molecule has 1 saturated heterocycles. The summed E-state index contributed by atoms with van der Waals surface area (Å²) in [4.78, 5) is 12.1. The maximum atomic E-state index is 12.1. The van der Waals surface area contributed by atoms with Crippen LogP contribution < -0.4 is 5.73 Å². The first kappa shape index (κ1) is 13.0. The van der Waals surface area contributed by atoms with Crippen LogP contribution in [0.5, 0.6) is 0 Å². The first-order valence-electron chi connectivity index (χ1n) is 7.06. The van der Waals surface area contributed by atoms with Gasteiger partial charge in [0, 0.05) is 31.6 Å². The molecule has 98 valence electrons. The lowest BCUT2D eigenvalue weighted by molar-refractivity contribution is -0.122. The van der Waals surface area contributed by atoms with E-state index in [9.17, 15) is 4.79 Å². The molecule has 0 atom stereocenters. The molecule has 1 heterocycles. The SMILES string of the molecule is NC1(CC(=O)CC2CCOCC2)CCCCC1. The Morgan fingerprint density at radius 2 is 1.82 bits per heavy atom. The van der Waals surface area contributed by atoms with Crippen molar-refractivity contribution in [1.82, 2.24) is 0 Å². The molecule has 2 aliphatic rings. The fourth-order valence-electron chi connectivity index (χ4n) is 3.17. The summed E-state index contributed by atoms with van der Waals surface area (Å²) in [5.41, 5.74) is 6.14. The number of rotatable bonds is 4. The maximum absolute atomic E-state index is 12.1. The minimum atomic E-state index is -0.180. The van der Waals surface area contributed by atoms with E-state index in [-0.39, 0.29) is 5.54 Å². The predicted molar refractivity (Wildman–Crippen MR) is 67.8 cm³/mol. The summed E-state index contributed by atoms with van der Waals surface area (Å²) in [6.07, 6.45) is 9.16. The van der Waals surface area contributed by atoms with Gasteiger partial charge in [-0.3, -0.25) is 4.79 Å². The Hall–Kier alpha value is -0.410. The van der Waals surface area contributed by atoms with Crippen LogP contribution in [0.15, 0.2) is 0 Å². The molecule has 1 aliphatic heterocycles. The fourth-order valence-corrected chi connectivity index (χ4v) is 3.17. The number of hydrogen-bond acceptors (Lipinski definition) is 3. The molecule has 0 bridgehead atoms. The van der Waals surface area contributed by atoms with Crippen molar-refractivity contribution in [1.29, 1.82) is 0 Å². The van der Waals surface area contributed by atoms with Crippen LogP contribution in [0.3, 0.4) is 0 Å². The van der Waals surface area contributed by atoms with Crippen LogP contribution in [0, 0.1) is 5.92 Å². The molecule has 0 aromatic rings. The monoisotopic (exact) mass is 239 g/mol. The maximum Gasteiger partial charge on any atom is 0.135 e. The molecule has 0 aromatic heterocycles. The van der Waals surface area contributed by atoms with Crippen LogP contribution in [0.25, 0.3) is 0 Å². The minimum absolute atomic E-state index is 0.180. The smallest absolute Gasteiger partial charge is 0.135 e. The summed E-state index contributed by atoms with van der Waals surface area (Å²) in [7, 11) is 0. The Bertz CT molecular complexity index is 253. The van der Waals surface area contributed by atoms with E-state index in [1.807, 2.05) is 0 Å². The Balaban J connectivity index is 1.75. The molecule has 2 N–H and O–H groups in total. The van der Waals surface area contributed by atoms with Crippen molar-refractivity contribution in [3.63, 3.8) is 0 Å². The number of hydrogen-bond donors (Lipinski definition) is 1. The molecule has 2 rings (SSSR count). The third-order valence-corrected chi connectivity index (χ3v) is 4.26. The van der Waals surface area contributed by atoms with Gasteiger partial charge in [0.05, 0.1) is 0 Å². The molecule has 17 heavy (non-hydrogen) atoms. The molecular weight excluding hydrogens is 214 g/mol. The van der Waals surface area contributed by atoms with E-state index in [1.54, 1.807) is 0 Å². The second-order valence-corrected chi connectivity index (χ2v) is 5.90. The van der Waals surface area contributed by atoms with Gasteiger partial charge < -0.3 is 10.5 Å².